The second kappa shape index (κ2) is 5.20. The van der Waals surface area contributed by atoms with Gasteiger partial charge in [0.2, 0.25) is 10.0 Å². The molecule has 0 saturated heterocycles. The van der Waals surface area contributed by atoms with E-state index in [0.29, 0.717) is 6.54 Å². The summed E-state index contributed by atoms with van der Waals surface area (Å²) in [6, 6.07) is 0. The van der Waals surface area contributed by atoms with Crippen LogP contribution < -0.4 is 4.72 Å². The second-order valence-electron chi connectivity index (χ2n) is 2.84. The molecular formula is C7H11BrN2O2S2. The van der Waals surface area contributed by atoms with Gasteiger partial charge < -0.3 is 0 Å². The van der Waals surface area contributed by atoms with Crippen molar-refractivity contribution in [1.29, 1.82) is 0 Å². The van der Waals surface area contributed by atoms with E-state index in [-0.39, 0.29) is 10.6 Å². The largest absolute Gasteiger partial charge is 0.249 e. The Labute approximate surface area is 95.9 Å². The molecule has 0 fully saturated rings. The van der Waals surface area contributed by atoms with Gasteiger partial charge in [0.25, 0.3) is 0 Å². The van der Waals surface area contributed by atoms with E-state index >= 15 is 0 Å². The molecule has 7 heteroatoms. The van der Waals surface area contributed by atoms with Gasteiger partial charge in [0.15, 0.2) is 0 Å². The van der Waals surface area contributed by atoms with E-state index in [1.54, 1.807) is 6.20 Å². The maximum atomic E-state index is 11.1. The predicted octanol–water partition coefficient (Wildman–Crippen LogP) is 1.52. The fraction of sp³-hybridized carbons (Fsp3) is 0.571. The van der Waals surface area contributed by atoms with Crippen LogP contribution in [0.25, 0.3) is 0 Å². The van der Waals surface area contributed by atoms with Crippen LogP contribution >= 0.6 is 27.3 Å². The van der Waals surface area contributed by atoms with Crippen molar-refractivity contribution < 1.29 is 8.42 Å². The average molecular weight is 299 g/mol. The van der Waals surface area contributed by atoms with Gasteiger partial charge >= 0.3 is 0 Å². The van der Waals surface area contributed by atoms with Crippen molar-refractivity contribution in [2.45, 2.75) is 12.8 Å². The molecule has 1 aromatic heterocycles. The molecule has 0 saturated carbocycles. The molecule has 1 N–H and O–H groups in total. The Hall–Kier alpha value is 0.0200. The Kier molecular flexibility index (Phi) is 4.49. The van der Waals surface area contributed by atoms with Gasteiger partial charge in [-0.1, -0.05) is 22.9 Å². The lowest BCUT2D eigenvalue weighted by Gasteiger charge is -2.08. The number of rotatable bonds is 5. The number of sulfonamides is 1. The van der Waals surface area contributed by atoms with Gasteiger partial charge in [0.05, 0.1) is 5.01 Å². The lowest BCUT2D eigenvalue weighted by atomic mass is 10.2. The monoisotopic (exact) mass is 298 g/mol. The van der Waals surface area contributed by atoms with E-state index in [4.69, 9.17) is 0 Å². The highest BCUT2D eigenvalue weighted by molar-refractivity contribution is 9.10. The molecule has 0 spiro atoms. The topological polar surface area (TPSA) is 59.1 Å². The summed E-state index contributed by atoms with van der Waals surface area (Å²) in [5.74, 6) is 0.115. The second-order valence-corrected chi connectivity index (χ2v) is 6.88. The quantitative estimate of drug-likeness (QED) is 0.839. The zero-order valence-corrected chi connectivity index (χ0v) is 10.8. The molecule has 14 heavy (non-hydrogen) atoms. The molecular weight excluding hydrogens is 288 g/mol. The number of nitrogens with one attached hydrogen (secondary N) is 1. The van der Waals surface area contributed by atoms with Crippen molar-refractivity contribution in [3.8, 4) is 0 Å². The predicted molar refractivity (Wildman–Crippen MR) is 61.2 cm³/mol. The van der Waals surface area contributed by atoms with Crippen LogP contribution in [-0.2, 0) is 10.0 Å². The van der Waals surface area contributed by atoms with Crippen molar-refractivity contribution in [3.63, 3.8) is 0 Å². The number of nitrogens with zero attached hydrogens (tertiary/aromatic N) is 1. The first-order chi connectivity index (χ1) is 6.55. The molecule has 0 aliphatic carbocycles. The Bertz CT molecular complexity index is 363. The summed E-state index contributed by atoms with van der Waals surface area (Å²) >= 11 is 4.44. The number of thiazole rings is 1. The highest BCUT2D eigenvalue weighted by Crippen LogP contribution is 2.16. The molecule has 0 aromatic carbocycles. The number of alkyl halides is 1. The Morgan fingerprint density at radius 3 is 2.93 bits per heavy atom. The van der Waals surface area contributed by atoms with Crippen molar-refractivity contribution in [2.24, 2.45) is 0 Å². The summed E-state index contributed by atoms with van der Waals surface area (Å²) in [5, 5.41) is 2.83. The van der Waals surface area contributed by atoms with Crippen LogP contribution in [0.15, 0.2) is 11.6 Å². The fourth-order valence-corrected chi connectivity index (χ4v) is 2.62. The van der Waals surface area contributed by atoms with E-state index in [1.165, 1.54) is 11.3 Å². The van der Waals surface area contributed by atoms with Crippen LogP contribution in [0.3, 0.4) is 0 Å². The molecule has 1 aromatic rings. The first kappa shape index (κ1) is 12.1. The molecule has 4 nitrogen and oxygen atoms in total. The van der Waals surface area contributed by atoms with Gasteiger partial charge in [-0.3, -0.25) is 0 Å². The minimum atomic E-state index is -3.16. The van der Waals surface area contributed by atoms with E-state index in [1.807, 2.05) is 12.3 Å². The molecule has 0 amide bonds. The normalized spacial score (nSPS) is 14.1. The molecule has 0 aliphatic rings. The van der Waals surface area contributed by atoms with E-state index in [9.17, 15) is 8.42 Å². The van der Waals surface area contributed by atoms with Gasteiger partial charge in [-0.15, -0.1) is 11.3 Å². The maximum Gasteiger partial charge on any atom is 0.221 e. The van der Waals surface area contributed by atoms with Crippen LogP contribution in [0, 0.1) is 0 Å². The molecule has 1 rings (SSSR count). The van der Waals surface area contributed by atoms with Crippen LogP contribution in [0.2, 0.25) is 0 Å². The first-order valence-electron chi connectivity index (χ1n) is 3.98. The highest BCUT2D eigenvalue weighted by atomic mass is 79.9. The number of aromatic nitrogens is 1. The summed E-state index contributed by atoms with van der Waals surface area (Å²) in [6.45, 7) is 2.33. The third-order valence-corrected chi connectivity index (χ3v) is 5.34. The average Bonchev–Trinajstić information content (AvgIpc) is 2.67. The van der Waals surface area contributed by atoms with Crippen LogP contribution in [0.4, 0.5) is 0 Å². The highest BCUT2D eigenvalue weighted by Gasteiger charge is 2.12. The summed E-state index contributed by atoms with van der Waals surface area (Å²) in [5.41, 5.74) is 0. The van der Waals surface area contributed by atoms with Crippen LogP contribution in [-0.4, -0.2) is 24.6 Å². The first-order valence-corrected chi connectivity index (χ1v) is 7.63. The lowest BCUT2D eigenvalue weighted by molar-refractivity contribution is 0.580. The number of halogens is 1. The van der Waals surface area contributed by atoms with Gasteiger partial charge in [-0.05, 0) is 0 Å². The minimum absolute atomic E-state index is 0.0649. The Morgan fingerprint density at radius 1 is 1.71 bits per heavy atom. The molecule has 1 heterocycles. The standard InChI is InChI=1S/C7H11BrN2O2S2/c1-6(7-9-2-3-13-7)4-10-14(11,12)5-8/h2-3,6,10H,4-5H2,1H3. The molecule has 80 valence electrons. The van der Waals surface area contributed by atoms with Gasteiger partial charge in [0, 0.05) is 24.0 Å². The number of hydrogen-bond acceptors (Lipinski definition) is 4. The third-order valence-electron chi connectivity index (χ3n) is 1.63. The summed E-state index contributed by atoms with van der Waals surface area (Å²) in [4.78, 5) is 4.11. The summed E-state index contributed by atoms with van der Waals surface area (Å²) in [6.07, 6.45) is 1.72. The lowest BCUT2D eigenvalue weighted by Crippen LogP contribution is -2.28. The van der Waals surface area contributed by atoms with Crippen molar-refractivity contribution >= 4 is 37.3 Å². The van der Waals surface area contributed by atoms with Crippen LogP contribution in [0.1, 0.15) is 17.8 Å². The summed E-state index contributed by atoms with van der Waals surface area (Å²) in [7, 11) is -3.16. The van der Waals surface area contributed by atoms with E-state index < -0.39 is 10.0 Å². The Balaban J connectivity index is 2.47. The SMILES string of the molecule is CC(CNS(=O)(=O)CBr)c1nccs1. The molecule has 0 radical (unpaired) electrons. The Morgan fingerprint density at radius 2 is 2.43 bits per heavy atom. The smallest absolute Gasteiger partial charge is 0.221 e. The van der Waals surface area contributed by atoms with E-state index in [2.05, 4.69) is 25.6 Å². The molecule has 0 aliphatic heterocycles. The van der Waals surface area contributed by atoms with Crippen molar-refractivity contribution in [2.75, 3.05) is 11.2 Å². The molecule has 0 bridgehead atoms. The van der Waals surface area contributed by atoms with Gasteiger partial charge in [-0.25, -0.2) is 18.1 Å². The zero-order chi connectivity index (χ0) is 10.6. The molecule has 1 atom stereocenters. The van der Waals surface area contributed by atoms with Gasteiger partial charge in [-0.2, -0.15) is 0 Å². The fourth-order valence-electron chi connectivity index (χ4n) is 0.856. The third kappa shape index (κ3) is 3.64. The summed E-state index contributed by atoms with van der Waals surface area (Å²) < 4.78 is 24.6. The van der Waals surface area contributed by atoms with Crippen molar-refractivity contribution in [1.82, 2.24) is 9.71 Å². The van der Waals surface area contributed by atoms with Gasteiger partial charge in [0.1, 0.15) is 4.66 Å². The van der Waals surface area contributed by atoms with Crippen LogP contribution in [0.5, 0.6) is 0 Å². The number of hydrogen-bond donors (Lipinski definition) is 1. The van der Waals surface area contributed by atoms with Crippen molar-refractivity contribution in [3.05, 3.63) is 16.6 Å². The maximum absolute atomic E-state index is 11.1. The zero-order valence-electron chi connectivity index (χ0n) is 7.60. The molecule has 1 unspecified atom stereocenters. The van der Waals surface area contributed by atoms with E-state index in [0.717, 1.165) is 5.01 Å². The minimum Gasteiger partial charge on any atom is -0.249 e.